The molecule has 4 heteroatoms. The van der Waals surface area contributed by atoms with Crippen molar-refractivity contribution < 1.29 is 0 Å². The van der Waals surface area contributed by atoms with Gasteiger partial charge in [-0.25, -0.2) is 9.50 Å². The molecule has 0 aromatic carbocycles. The summed E-state index contributed by atoms with van der Waals surface area (Å²) in [4.78, 5) is 4.47. The lowest BCUT2D eigenvalue weighted by molar-refractivity contribution is 0.317. The van der Waals surface area contributed by atoms with E-state index in [1.807, 2.05) is 29.2 Å². The van der Waals surface area contributed by atoms with E-state index >= 15 is 0 Å². The predicted octanol–water partition coefficient (Wildman–Crippen LogP) is 3.11. The fourth-order valence-electron chi connectivity index (χ4n) is 3.03. The molecular formula is C14H20N4. The van der Waals surface area contributed by atoms with Gasteiger partial charge in [0.05, 0.1) is 6.20 Å². The second-order valence-electron chi connectivity index (χ2n) is 5.14. The molecule has 0 aliphatic heterocycles. The van der Waals surface area contributed by atoms with E-state index in [0.29, 0.717) is 6.04 Å². The lowest BCUT2D eigenvalue weighted by atomic mass is 9.83. The van der Waals surface area contributed by atoms with Crippen LogP contribution in [0.1, 0.15) is 39.0 Å². The number of nitrogens with zero attached hydrogens (tertiary/aromatic N) is 3. The van der Waals surface area contributed by atoms with Gasteiger partial charge in [0.25, 0.3) is 0 Å². The van der Waals surface area contributed by atoms with Gasteiger partial charge in [-0.05, 0) is 24.8 Å². The molecule has 2 aromatic rings. The van der Waals surface area contributed by atoms with Gasteiger partial charge in [-0.3, -0.25) is 0 Å². The van der Waals surface area contributed by atoms with E-state index in [1.165, 1.54) is 32.1 Å². The molecule has 4 nitrogen and oxygen atoms in total. The summed E-state index contributed by atoms with van der Waals surface area (Å²) in [5, 5.41) is 7.89. The van der Waals surface area contributed by atoms with Gasteiger partial charge in [0.1, 0.15) is 5.52 Å². The molecule has 1 N–H and O–H groups in total. The summed E-state index contributed by atoms with van der Waals surface area (Å²) < 4.78 is 1.87. The van der Waals surface area contributed by atoms with Gasteiger partial charge in [-0.2, -0.15) is 5.10 Å². The molecule has 0 saturated heterocycles. The molecule has 96 valence electrons. The smallest absolute Gasteiger partial charge is 0.152 e. The van der Waals surface area contributed by atoms with E-state index in [4.69, 9.17) is 0 Å². The zero-order valence-corrected chi connectivity index (χ0v) is 10.8. The Morgan fingerprint density at radius 1 is 1.33 bits per heavy atom. The van der Waals surface area contributed by atoms with Crippen LogP contribution in [-0.2, 0) is 0 Å². The van der Waals surface area contributed by atoms with Crippen molar-refractivity contribution in [3.8, 4) is 0 Å². The second-order valence-corrected chi connectivity index (χ2v) is 5.14. The molecule has 3 rings (SSSR count). The van der Waals surface area contributed by atoms with Crippen molar-refractivity contribution in [3.05, 3.63) is 24.7 Å². The average molecular weight is 244 g/mol. The Morgan fingerprint density at radius 2 is 2.22 bits per heavy atom. The van der Waals surface area contributed by atoms with Gasteiger partial charge in [0.2, 0.25) is 0 Å². The average Bonchev–Trinajstić information content (AvgIpc) is 2.89. The molecule has 1 fully saturated rings. The van der Waals surface area contributed by atoms with Crippen molar-refractivity contribution in [1.29, 1.82) is 0 Å². The standard InChI is InChI=1S/C14H20N4/c1-2-11-5-3-4-6-12(11)17-14-13-7-8-16-18(13)10-9-15-14/h7-12H,2-6H2,1H3,(H,15,17). The van der Waals surface area contributed by atoms with Crippen LogP contribution in [0.5, 0.6) is 0 Å². The van der Waals surface area contributed by atoms with Crippen LogP contribution in [0.2, 0.25) is 0 Å². The Morgan fingerprint density at radius 3 is 3.11 bits per heavy atom. The largest absolute Gasteiger partial charge is 0.365 e. The van der Waals surface area contributed by atoms with Gasteiger partial charge in [0, 0.05) is 18.4 Å². The molecule has 1 aliphatic carbocycles. The fourth-order valence-corrected chi connectivity index (χ4v) is 3.03. The topological polar surface area (TPSA) is 42.2 Å². The van der Waals surface area contributed by atoms with Crippen LogP contribution < -0.4 is 5.32 Å². The molecule has 2 heterocycles. The molecule has 2 unspecified atom stereocenters. The maximum absolute atomic E-state index is 4.47. The molecule has 2 aromatic heterocycles. The molecule has 2 atom stereocenters. The molecule has 1 saturated carbocycles. The van der Waals surface area contributed by atoms with Crippen molar-refractivity contribution in [1.82, 2.24) is 14.6 Å². The number of hydrogen-bond acceptors (Lipinski definition) is 3. The van der Waals surface area contributed by atoms with Crippen LogP contribution in [0, 0.1) is 5.92 Å². The summed E-state index contributed by atoms with van der Waals surface area (Å²) in [7, 11) is 0. The van der Waals surface area contributed by atoms with E-state index in [9.17, 15) is 0 Å². The normalized spacial score (nSPS) is 24.3. The Kier molecular flexibility index (Phi) is 3.17. The Balaban J connectivity index is 1.84. The summed E-state index contributed by atoms with van der Waals surface area (Å²) in [6.45, 7) is 2.29. The third-order valence-electron chi connectivity index (χ3n) is 4.08. The van der Waals surface area contributed by atoms with Crippen LogP contribution in [0.25, 0.3) is 5.52 Å². The highest BCUT2D eigenvalue weighted by Gasteiger charge is 2.24. The zero-order valence-electron chi connectivity index (χ0n) is 10.8. The Bertz CT molecular complexity index is 519. The number of aromatic nitrogens is 3. The number of nitrogens with one attached hydrogen (secondary N) is 1. The fraction of sp³-hybridized carbons (Fsp3) is 0.571. The first kappa shape index (κ1) is 11.5. The molecule has 0 spiro atoms. The number of anilines is 1. The van der Waals surface area contributed by atoms with Crippen LogP contribution in [-0.4, -0.2) is 20.6 Å². The first-order valence-electron chi connectivity index (χ1n) is 6.93. The van der Waals surface area contributed by atoms with Crippen LogP contribution in [0.3, 0.4) is 0 Å². The van der Waals surface area contributed by atoms with Gasteiger partial charge in [-0.1, -0.05) is 26.2 Å². The number of rotatable bonds is 3. The summed E-state index contributed by atoms with van der Waals surface area (Å²) in [6, 6.07) is 2.58. The minimum atomic E-state index is 0.567. The van der Waals surface area contributed by atoms with E-state index < -0.39 is 0 Å². The first-order valence-corrected chi connectivity index (χ1v) is 6.93. The zero-order chi connectivity index (χ0) is 12.4. The van der Waals surface area contributed by atoms with Crippen LogP contribution in [0.4, 0.5) is 5.82 Å². The van der Waals surface area contributed by atoms with Crippen molar-refractivity contribution in [2.24, 2.45) is 5.92 Å². The van der Waals surface area contributed by atoms with Gasteiger partial charge >= 0.3 is 0 Å². The Hall–Kier alpha value is -1.58. The maximum Gasteiger partial charge on any atom is 0.152 e. The second kappa shape index (κ2) is 4.96. The van der Waals surface area contributed by atoms with Crippen LogP contribution >= 0.6 is 0 Å². The van der Waals surface area contributed by atoms with Crippen molar-refractivity contribution in [3.63, 3.8) is 0 Å². The summed E-state index contributed by atoms with van der Waals surface area (Å²) >= 11 is 0. The molecule has 0 radical (unpaired) electrons. The van der Waals surface area contributed by atoms with E-state index in [1.54, 1.807) is 0 Å². The molecule has 0 amide bonds. The SMILES string of the molecule is CCC1CCCCC1Nc1nccn2nccc12. The molecule has 1 aliphatic rings. The monoisotopic (exact) mass is 244 g/mol. The van der Waals surface area contributed by atoms with Gasteiger partial charge in [-0.15, -0.1) is 0 Å². The quantitative estimate of drug-likeness (QED) is 0.902. The van der Waals surface area contributed by atoms with Crippen molar-refractivity contribution >= 4 is 11.3 Å². The highest BCUT2D eigenvalue weighted by molar-refractivity contribution is 5.67. The molecule has 18 heavy (non-hydrogen) atoms. The summed E-state index contributed by atoms with van der Waals surface area (Å²) in [5.41, 5.74) is 1.07. The highest BCUT2D eigenvalue weighted by Crippen LogP contribution is 2.29. The highest BCUT2D eigenvalue weighted by atomic mass is 15.2. The van der Waals surface area contributed by atoms with E-state index in [2.05, 4.69) is 22.3 Å². The lowest BCUT2D eigenvalue weighted by Gasteiger charge is -2.32. The van der Waals surface area contributed by atoms with Gasteiger partial charge < -0.3 is 5.32 Å². The van der Waals surface area contributed by atoms with E-state index in [0.717, 1.165) is 17.3 Å². The third kappa shape index (κ3) is 2.07. The minimum Gasteiger partial charge on any atom is -0.365 e. The van der Waals surface area contributed by atoms with E-state index in [-0.39, 0.29) is 0 Å². The van der Waals surface area contributed by atoms with Crippen LogP contribution in [0.15, 0.2) is 24.7 Å². The van der Waals surface area contributed by atoms with Crippen molar-refractivity contribution in [2.45, 2.75) is 45.1 Å². The van der Waals surface area contributed by atoms with Gasteiger partial charge in [0.15, 0.2) is 5.82 Å². The lowest BCUT2D eigenvalue weighted by Crippen LogP contribution is -2.32. The summed E-state index contributed by atoms with van der Waals surface area (Å²) in [5.74, 6) is 1.75. The Labute approximate surface area is 107 Å². The molecular weight excluding hydrogens is 224 g/mol. The van der Waals surface area contributed by atoms with Crippen molar-refractivity contribution in [2.75, 3.05) is 5.32 Å². The summed E-state index contributed by atoms with van der Waals surface area (Å²) in [6.07, 6.45) is 12.1. The third-order valence-corrected chi connectivity index (χ3v) is 4.08. The minimum absolute atomic E-state index is 0.567. The molecule has 0 bridgehead atoms. The maximum atomic E-state index is 4.47. The number of hydrogen-bond donors (Lipinski definition) is 1. The predicted molar refractivity (Wildman–Crippen MR) is 72.6 cm³/mol. The first-order chi connectivity index (χ1) is 8.88. The number of fused-ring (bicyclic) bond motifs is 1.